The molecule has 0 aliphatic carbocycles. The van der Waals surface area contributed by atoms with Gasteiger partial charge in [-0.1, -0.05) is 24.6 Å². The maximum Gasteiger partial charge on any atom is 0.257 e. The van der Waals surface area contributed by atoms with Crippen LogP contribution in [0, 0.1) is 12.8 Å². The van der Waals surface area contributed by atoms with Gasteiger partial charge in [0.25, 0.3) is 5.91 Å². The van der Waals surface area contributed by atoms with Crippen LogP contribution in [-0.2, 0) is 16.6 Å². The van der Waals surface area contributed by atoms with E-state index in [-0.39, 0.29) is 18.5 Å². The Hall–Kier alpha value is -2.43. The normalized spacial score (nSPS) is 18.7. The Labute approximate surface area is 238 Å². The molecule has 0 spiro atoms. The molecule has 1 aromatic carbocycles. The van der Waals surface area contributed by atoms with E-state index in [2.05, 4.69) is 35.6 Å². The second-order valence-electron chi connectivity index (χ2n) is 11.2. The molecule has 11 heteroatoms. The SMILES string of the molecule is Cc1nc(N2CCC(C)CC2)ncc1C(=O)N1CCN(C(C)C)CCCN(S(C)(=O)=O)c2cc(Cl)ccc2C1. The van der Waals surface area contributed by atoms with Crippen molar-refractivity contribution in [1.82, 2.24) is 19.8 Å². The van der Waals surface area contributed by atoms with E-state index < -0.39 is 10.0 Å². The quantitative estimate of drug-likeness (QED) is 0.539. The number of fused-ring (bicyclic) bond motifs is 1. The Balaban J connectivity index is 1.68. The summed E-state index contributed by atoms with van der Waals surface area (Å²) in [5, 5.41) is 0.450. The van der Waals surface area contributed by atoms with Crippen LogP contribution in [0.25, 0.3) is 0 Å². The molecule has 1 amide bonds. The van der Waals surface area contributed by atoms with E-state index in [1.54, 1.807) is 23.2 Å². The second-order valence-corrected chi connectivity index (χ2v) is 13.5. The number of rotatable bonds is 4. The number of aryl methyl sites for hydroxylation is 1. The summed E-state index contributed by atoms with van der Waals surface area (Å²) in [4.78, 5) is 29.6. The van der Waals surface area contributed by atoms with Crippen LogP contribution in [0.5, 0.6) is 0 Å². The van der Waals surface area contributed by atoms with Gasteiger partial charge in [-0.3, -0.25) is 14.0 Å². The zero-order chi connectivity index (χ0) is 28.3. The highest BCUT2D eigenvalue weighted by atomic mass is 35.5. The van der Waals surface area contributed by atoms with Gasteiger partial charge >= 0.3 is 0 Å². The van der Waals surface area contributed by atoms with Gasteiger partial charge in [0.05, 0.1) is 23.2 Å². The molecule has 39 heavy (non-hydrogen) atoms. The third-order valence-electron chi connectivity index (χ3n) is 7.82. The Bertz CT molecular complexity index is 1280. The van der Waals surface area contributed by atoms with E-state index in [0.717, 1.165) is 31.5 Å². The molecule has 0 saturated carbocycles. The fourth-order valence-electron chi connectivity index (χ4n) is 5.32. The molecule has 0 bridgehead atoms. The number of carbonyl (C=O) groups is 1. The maximum absolute atomic E-state index is 14.0. The van der Waals surface area contributed by atoms with Crippen molar-refractivity contribution in [1.29, 1.82) is 0 Å². The summed E-state index contributed by atoms with van der Waals surface area (Å²) < 4.78 is 27.1. The lowest BCUT2D eigenvalue weighted by atomic mass is 10.00. The van der Waals surface area contributed by atoms with Crippen LogP contribution in [0.1, 0.15) is 61.6 Å². The molecule has 2 aromatic rings. The highest BCUT2D eigenvalue weighted by Crippen LogP contribution is 2.30. The van der Waals surface area contributed by atoms with Crippen LogP contribution in [0.15, 0.2) is 24.4 Å². The number of aromatic nitrogens is 2. The lowest BCUT2D eigenvalue weighted by Crippen LogP contribution is -2.41. The summed E-state index contributed by atoms with van der Waals surface area (Å²) in [6.45, 7) is 12.7. The Morgan fingerprint density at radius 3 is 2.44 bits per heavy atom. The number of sulfonamides is 1. The molecular weight excluding hydrogens is 536 g/mol. The van der Waals surface area contributed by atoms with Crippen LogP contribution in [0.3, 0.4) is 0 Å². The summed E-state index contributed by atoms with van der Waals surface area (Å²) in [7, 11) is -3.56. The molecule has 4 rings (SSSR count). The molecular formula is C28H41ClN6O3S. The number of nitrogens with zero attached hydrogens (tertiary/aromatic N) is 6. The van der Waals surface area contributed by atoms with Crippen molar-refractivity contribution in [3.05, 3.63) is 46.2 Å². The number of benzene rings is 1. The largest absolute Gasteiger partial charge is 0.341 e. The van der Waals surface area contributed by atoms with Crippen molar-refractivity contribution >= 4 is 39.2 Å². The molecule has 1 fully saturated rings. The minimum absolute atomic E-state index is 0.166. The van der Waals surface area contributed by atoms with Crippen LogP contribution in [0.4, 0.5) is 11.6 Å². The number of hydrogen-bond donors (Lipinski definition) is 0. The topological polar surface area (TPSA) is 90.0 Å². The molecule has 0 radical (unpaired) electrons. The van der Waals surface area contributed by atoms with E-state index in [0.29, 0.717) is 66.4 Å². The lowest BCUT2D eigenvalue weighted by molar-refractivity contribution is 0.0710. The summed E-state index contributed by atoms with van der Waals surface area (Å²) in [6.07, 6.45) is 5.74. The Morgan fingerprint density at radius 2 is 1.79 bits per heavy atom. The predicted molar refractivity (Wildman–Crippen MR) is 157 cm³/mol. The van der Waals surface area contributed by atoms with E-state index in [4.69, 9.17) is 16.6 Å². The van der Waals surface area contributed by atoms with Crippen molar-refractivity contribution in [3.8, 4) is 0 Å². The number of piperidine rings is 1. The number of carbonyl (C=O) groups excluding carboxylic acids is 1. The van der Waals surface area contributed by atoms with Crippen LogP contribution >= 0.6 is 11.6 Å². The monoisotopic (exact) mass is 576 g/mol. The molecule has 2 aliphatic rings. The molecule has 2 aliphatic heterocycles. The molecule has 214 valence electrons. The van der Waals surface area contributed by atoms with Crippen LogP contribution in [-0.4, -0.2) is 85.7 Å². The van der Waals surface area contributed by atoms with Gasteiger partial charge < -0.3 is 9.80 Å². The molecule has 1 saturated heterocycles. The third kappa shape index (κ3) is 7.21. The Kier molecular flexibility index (Phi) is 9.39. The molecule has 0 atom stereocenters. The number of amides is 1. The van der Waals surface area contributed by atoms with Crippen LogP contribution in [0.2, 0.25) is 5.02 Å². The number of anilines is 2. The summed E-state index contributed by atoms with van der Waals surface area (Å²) in [5.41, 5.74) is 2.36. The Morgan fingerprint density at radius 1 is 1.08 bits per heavy atom. The highest BCUT2D eigenvalue weighted by molar-refractivity contribution is 7.92. The fourth-order valence-corrected chi connectivity index (χ4v) is 6.47. The highest BCUT2D eigenvalue weighted by Gasteiger charge is 2.27. The van der Waals surface area contributed by atoms with Gasteiger partial charge in [-0.15, -0.1) is 0 Å². The van der Waals surface area contributed by atoms with Gasteiger partial charge in [-0.25, -0.2) is 18.4 Å². The first kappa shape index (κ1) is 29.6. The average molecular weight is 577 g/mol. The predicted octanol–water partition coefficient (Wildman–Crippen LogP) is 4.20. The second kappa shape index (κ2) is 12.4. The first-order chi connectivity index (χ1) is 18.4. The standard InChI is InChI=1S/C28H41ClN6O3S/c1-20(2)32-11-6-12-35(39(5,37)38)26-17-24(29)8-7-23(26)19-34(16-15-32)27(36)25-18-30-28(31-22(25)4)33-13-9-21(3)10-14-33/h7-8,17-18,20-21H,6,9-16,19H2,1-5H3. The minimum Gasteiger partial charge on any atom is -0.341 e. The van der Waals surface area contributed by atoms with E-state index in [1.807, 2.05) is 13.0 Å². The summed E-state index contributed by atoms with van der Waals surface area (Å²) >= 11 is 6.33. The fraction of sp³-hybridized carbons (Fsp3) is 0.607. The average Bonchev–Trinajstić information content (AvgIpc) is 2.90. The van der Waals surface area contributed by atoms with Gasteiger partial charge in [-0.05, 0) is 63.6 Å². The van der Waals surface area contributed by atoms with Crippen molar-refractivity contribution in [3.63, 3.8) is 0 Å². The molecule has 1 aromatic heterocycles. The van der Waals surface area contributed by atoms with Gasteiger partial charge in [0.2, 0.25) is 16.0 Å². The summed E-state index contributed by atoms with van der Waals surface area (Å²) in [5.74, 6) is 1.21. The minimum atomic E-state index is -3.56. The van der Waals surface area contributed by atoms with E-state index in [9.17, 15) is 13.2 Å². The van der Waals surface area contributed by atoms with E-state index in [1.165, 1.54) is 10.6 Å². The third-order valence-corrected chi connectivity index (χ3v) is 9.24. The van der Waals surface area contributed by atoms with E-state index >= 15 is 0 Å². The molecule has 9 nitrogen and oxygen atoms in total. The van der Waals surface area contributed by atoms with Gasteiger partial charge in [-0.2, -0.15) is 0 Å². The smallest absolute Gasteiger partial charge is 0.257 e. The first-order valence-electron chi connectivity index (χ1n) is 13.8. The molecule has 0 N–H and O–H groups in total. The lowest BCUT2D eigenvalue weighted by Gasteiger charge is -2.31. The number of halogens is 1. The number of hydrogen-bond acceptors (Lipinski definition) is 7. The van der Waals surface area contributed by atoms with Crippen molar-refractivity contribution in [2.75, 3.05) is 54.7 Å². The van der Waals surface area contributed by atoms with Crippen molar-refractivity contribution in [2.24, 2.45) is 5.92 Å². The maximum atomic E-state index is 14.0. The van der Waals surface area contributed by atoms with Gasteiger partial charge in [0.15, 0.2) is 0 Å². The van der Waals surface area contributed by atoms with Crippen molar-refractivity contribution < 1.29 is 13.2 Å². The zero-order valence-electron chi connectivity index (χ0n) is 23.7. The zero-order valence-corrected chi connectivity index (χ0v) is 25.3. The van der Waals surface area contributed by atoms with Crippen LogP contribution < -0.4 is 9.21 Å². The van der Waals surface area contributed by atoms with Gasteiger partial charge in [0, 0.05) is 63.1 Å². The van der Waals surface area contributed by atoms with Gasteiger partial charge in [0.1, 0.15) is 0 Å². The molecule has 0 unspecified atom stereocenters. The first-order valence-corrected chi connectivity index (χ1v) is 16.0. The summed E-state index contributed by atoms with van der Waals surface area (Å²) in [6, 6.07) is 5.49. The molecule has 3 heterocycles. The van der Waals surface area contributed by atoms with Crippen molar-refractivity contribution in [2.45, 2.75) is 59.5 Å².